The van der Waals surface area contributed by atoms with Gasteiger partial charge >= 0.3 is 0 Å². The Morgan fingerprint density at radius 3 is 2.26 bits per heavy atom. The number of methoxy groups -OCH3 is 2. The van der Waals surface area contributed by atoms with Gasteiger partial charge in [-0.1, -0.05) is 17.7 Å². The van der Waals surface area contributed by atoms with Gasteiger partial charge in [0.25, 0.3) is 0 Å². The van der Waals surface area contributed by atoms with Crippen LogP contribution in [0.3, 0.4) is 0 Å². The molecule has 5 heteroatoms. The Balaban J connectivity index is 2.17. The first-order valence-electron chi connectivity index (χ1n) is 6.42. The standard InChI is InChI=1S/C14H21ClN2O2/c1-9(16)11-5-4-10(6-12(11)15)17-7-13(18-2)14(8-17)19-3/h4-6,9,13-14H,7-8,16H2,1-3H3. The van der Waals surface area contributed by atoms with E-state index in [4.69, 9.17) is 26.8 Å². The first-order chi connectivity index (χ1) is 9.06. The molecule has 3 atom stereocenters. The fraction of sp³-hybridized carbons (Fsp3) is 0.571. The van der Waals surface area contributed by atoms with Crippen molar-refractivity contribution >= 4 is 17.3 Å². The molecule has 0 amide bonds. The summed E-state index contributed by atoms with van der Waals surface area (Å²) in [6, 6.07) is 5.95. The lowest BCUT2D eigenvalue weighted by molar-refractivity contribution is -0.00461. The second kappa shape index (κ2) is 6.09. The van der Waals surface area contributed by atoms with Crippen molar-refractivity contribution < 1.29 is 9.47 Å². The second-order valence-electron chi connectivity index (χ2n) is 4.95. The predicted molar refractivity (Wildman–Crippen MR) is 77.9 cm³/mol. The minimum atomic E-state index is -0.0569. The molecule has 1 aromatic rings. The van der Waals surface area contributed by atoms with Crippen molar-refractivity contribution in [1.82, 2.24) is 0 Å². The summed E-state index contributed by atoms with van der Waals surface area (Å²) in [5, 5.41) is 0.710. The van der Waals surface area contributed by atoms with Gasteiger partial charge in [-0.3, -0.25) is 0 Å². The topological polar surface area (TPSA) is 47.7 Å². The summed E-state index contributed by atoms with van der Waals surface area (Å²) in [6.45, 7) is 3.55. The van der Waals surface area contributed by atoms with Crippen LogP contribution in [0.5, 0.6) is 0 Å². The molecular weight excluding hydrogens is 264 g/mol. The first kappa shape index (κ1) is 14.6. The zero-order chi connectivity index (χ0) is 14.0. The van der Waals surface area contributed by atoms with Crippen LogP contribution in [0.25, 0.3) is 0 Å². The molecule has 1 heterocycles. The highest BCUT2D eigenvalue weighted by molar-refractivity contribution is 6.31. The second-order valence-corrected chi connectivity index (χ2v) is 5.35. The number of anilines is 1. The van der Waals surface area contributed by atoms with E-state index in [0.717, 1.165) is 24.3 Å². The van der Waals surface area contributed by atoms with E-state index in [1.165, 1.54) is 0 Å². The molecule has 3 unspecified atom stereocenters. The molecule has 19 heavy (non-hydrogen) atoms. The molecule has 1 saturated heterocycles. The van der Waals surface area contributed by atoms with Gasteiger partial charge in [0.15, 0.2) is 0 Å². The molecule has 2 rings (SSSR count). The van der Waals surface area contributed by atoms with Crippen LogP contribution in [0.2, 0.25) is 5.02 Å². The Hall–Kier alpha value is -0.810. The molecule has 2 N–H and O–H groups in total. The van der Waals surface area contributed by atoms with Crippen molar-refractivity contribution in [3.63, 3.8) is 0 Å². The van der Waals surface area contributed by atoms with E-state index in [2.05, 4.69) is 11.0 Å². The molecule has 0 saturated carbocycles. The summed E-state index contributed by atoms with van der Waals surface area (Å²) in [6.07, 6.45) is 0.189. The van der Waals surface area contributed by atoms with Crippen molar-refractivity contribution in [2.24, 2.45) is 5.73 Å². The van der Waals surface area contributed by atoms with E-state index in [1.54, 1.807) is 14.2 Å². The van der Waals surface area contributed by atoms with E-state index < -0.39 is 0 Å². The zero-order valence-electron chi connectivity index (χ0n) is 11.6. The summed E-state index contributed by atoms with van der Waals surface area (Å²) in [4.78, 5) is 2.22. The number of hydrogen-bond acceptors (Lipinski definition) is 4. The highest BCUT2D eigenvalue weighted by atomic mass is 35.5. The van der Waals surface area contributed by atoms with Gasteiger partial charge in [0, 0.05) is 44.1 Å². The van der Waals surface area contributed by atoms with Crippen LogP contribution in [-0.2, 0) is 9.47 Å². The zero-order valence-corrected chi connectivity index (χ0v) is 12.4. The van der Waals surface area contributed by atoms with Crippen molar-refractivity contribution in [3.8, 4) is 0 Å². The smallest absolute Gasteiger partial charge is 0.102 e. The SMILES string of the molecule is COC1CN(c2ccc(C(C)N)c(Cl)c2)CC1OC. The van der Waals surface area contributed by atoms with Crippen LogP contribution < -0.4 is 10.6 Å². The Morgan fingerprint density at radius 2 is 1.84 bits per heavy atom. The van der Waals surface area contributed by atoms with E-state index in [-0.39, 0.29) is 18.2 Å². The molecule has 0 aliphatic carbocycles. The summed E-state index contributed by atoms with van der Waals surface area (Å²) in [5.74, 6) is 0. The lowest BCUT2D eigenvalue weighted by Crippen LogP contribution is -2.27. The third-order valence-electron chi connectivity index (χ3n) is 3.66. The number of ether oxygens (including phenoxy) is 2. The molecule has 0 spiro atoms. The van der Waals surface area contributed by atoms with Crippen LogP contribution in [0.4, 0.5) is 5.69 Å². The molecule has 1 aliphatic heterocycles. The van der Waals surface area contributed by atoms with Crippen LogP contribution in [0.15, 0.2) is 18.2 Å². The Morgan fingerprint density at radius 1 is 1.26 bits per heavy atom. The van der Waals surface area contributed by atoms with Gasteiger partial charge in [0.05, 0.1) is 0 Å². The minimum Gasteiger partial charge on any atom is -0.377 e. The van der Waals surface area contributed by atoms with Gasteiger partial charge in [-0.15, -0.1) is 0 Å². The highest BCUT2D eigenvalue weighted by Gasteiger charge is 2.33. The fourth-order valence-electron chi connectivity index (χ4n) is 2.49. The molecule has 1 aromatic carbocycles. The lowest BCUT2D eigenvalue weighted by atomic mass is 10.1. The average Bonchev–Trinajstić information content (AvgIpc) is 2.81. The molecule has 1 aliphatic rings. The minimum absolute atomic E-state index is 0.0569. The number of halogens is 1. The third kappa shape index (κ3) is 3.03. The van der Waals surface area contributed by atoms with Gasteiger partial charge in [0.2, 0.25) is 0 Å². The molecule has 0 aromatic heterocycles. The summed E-state index contributed by atoms with van der Waals surface area (Å²) in [5.41, 5.74) is 7.92. The summed E-state index contributed by atoms with van der Waals surface area (Å²) < 4.78 is 10.9. The monoisotopic (exact) mass is 284 g/mol. The Kier molecular flexibility index (Phi) is 4.68. The van der Waals surface area contributed by atoms with Crippen molar-refractivity contribution in [1.29, 1.82) is 0 Å². The van der Waals surface area contributed by atoms with Gasteiger partial charge in [-0.2, -0.15) is 0 Å². The number of rotatable bonds is 4. The maximum Gasteiger partial charge on any atom is 0.102 e. The number of hydrogen-bond donors (Lipinski definition) is 1. The lowest BCUT2D eigenvalue weighted by Gasteiger charge is -2.20. The van der Waals surface area contributed by atoms with E-state index in [9.17, 15) is 0 Å². The van der Waals surface area contributed by atoms with E-state index >= 15 is 0 Å². The normalized spacial score (nSPS) is 24.8. The van der Waals surface area contributed by atoms with E-state index in [0.29, 0.717) is 5.02 Å². The first-order valence-corrected chi connectivity index (χ1v) is 6.80. The van der Waals surface area contributed by atoms with E-state index in [1.807, 2.05) is 19.1 Å². The summed E-state index contributed by atoms with van der Waals surface area (Å²) in [7, 11) is 3.43. The average molecular weight is 285 g/mol. The molecule has 0 bridgehead atoms. The van der Waals surface area contributed by atoms with Gasteiger partial charge in [-0.25, -0.2) is 0 Å². The number of nitrogens with zero attached hydrogens (tertiary/aromatic N) is 1. The largest absolute Gasteiger partial charge is 0.377 e. The maximum atomic E-state index is 6.27. The van der Waals surface area contributed by atoms with Gasteiger partial charge in [-0.05, 0) is 24.6 Å². The quantitative estimate of drug-likeness (QED) is 0.921. The van der Waals surface area contributed by atoms with Crippen LogP contribution in [-0.4, -0.2) is 39.5 Å². The molecule has 1 fully saturated rings. The Labute approximate surface area is 119 Å². The number of nitrogens with two attached hydrogens (primary N) is 1. The molecule has 106 valence electrons. The molecule has 0 radical (unpaired) electrons. The third-order valence-corrected chi connectivity index (χ3v) is 3.99. The van der Waals surface area contributed by atoms with Crippen molar-refractivity contribution in [3.05, 3.63) is 28.8 Å². The van der Waals surface area contributed by atoms with Crippen molar-refractivity contribution in [2.45, 2.75) is 25.2 Å². The van der Waals surface area contributed by atoms with Crippen LogP contribution in [0, 0.1) is 0 Å². The van der Waals surface area contributed by atoms with Gasteiger partial charge in [0.1, 0.15) is 12.2 Å². The van der Waals surface area contributed by atoms with Crippen LogP contribution in [0.1, 0.15) is 18.5 Å². The summed E-state index contributed by atoms with van der Waals surface area (Å²) >= 11 is 6.27. The van der Waals surface area contributed by atoms with Crippen molar-refractivity contribution in [2.75, 3.05) is 32.2 Å². The molecular formula is C14H21ClN2O2. The molecule has 4 nitrogen and oxygen atoms in total. The highest BCUT2D eigenvalue weighted by Crippen LogP contribution is 2.29. The van der Waals surface area contributed by atoms with Crippen LogP contribution >= 0.6 is 11.6 Å². The fourth-order valence-corrected chi connectivity index (χ4v) is 2.84. The van der Waals surface area contributed by atoms with Gasteiger partial charge < -0.3 is 20.1 Å². The Bertz CT molecular complexity index is 427. The number of benzene rings is 1. The predicted octanol–water partition coefficient (Wildman–Crippen LogP) is 2.21. The maximum absolute atomic E-state index is 6.27.